The first-order valence-corrected chi connectivity index (χ1v) is 11.6. The standard InChI is InChI=1S/C23H31N5O2S/c1-14(2)26-21(29)19-18(16-7-6-8-24-22(16)31-19)17-13-28(9-10-30-17)12-15-11-25-27-20(15)23(3,4)5/h6-8,11,14,17H,9-10,12-13H2,1-5H3,(H,25,27)(H,26,29). The molecule has 0 spiro atoms. The van der Waals surface area contributed by atoms with E-state index in [9.17, 15) is 4.79 Å². The minimum atomic E-state index is -0.176. The van der Waals surface area contributed by atoms with E-state index in [1.807, 2.05) is 32.2 Å². The van der Waals surface area contributed by atoms with E-state index >= 15 is 0 Å². The lowest BCUT2D eigenvalue weighted by Crippen LogP contribution is -2.39. The number of thiophene rings is 1. The number of hydrogen-bond acceptors (Lipinski definition) is 6. The van der Waals surface area contributed by atoms with Crippen molar-refractivity contribution in [3.63, 3.8) is 0 Å². The van der Waals surface area contributed by atoms with Crippen LogP contribution in [-0.4, -0.2) is 51.7 Å². The number of carbonyl (C=O) groups is 1. The lowest BCUT2D eigenvalue weighted by Gasteiger charge is -2.34. The number of ether oxygens (including phenoxy) is 1. The van der Waals surface area contributed by atoms with Gasteiger partial charge in [0.05, 0.1) is 18.9 Å². The predicted octanol–water partition coefficient (Wildman–Crippen LogP) is 4.03. The van der Waals surface area contributed by atoms with Crippen LogP contribution in [0.5, 0.6) is 0 Å². The van der Waals surface area contributed by atoms with Gasteiger partial charge >= 0.3 is 0 Å². The van der Waals surface area contributed by atoms with Gasteiger partial charge in [0, 0.05) is 59.5 Å². The molecule has 4 rings (SSSR count). The Labute approximate surface area is 187 Å². The van der Waals surface area contributed by atoms with E-state index in [1.165, 1.54) is 16.9 Å². The van der Waals surface area contributed by atoms with E-state index in [1.54, 1.807) is 6.20 Å². The first-order valence-electron chi connectivity index (χ1n) is 10.8. The number of carbonyl (C=O) groups excluding carboxylic acids is 1. The van der Waals surface area contributed by atoms with Crippen molar-refractivity contribution in [2.45, 2.75) is 58.7 Å². The van der Waals surface area contributed by atoms with Crippen molar-refractivity contribution >= 4 is 27.5 Å². The molecule has 1 atom stereocenters. The molecule has 166 valence electrons. The van der Waals surface area contributed by atoms with Gasteiger partial charge in [-0.05, 0) is 19.9 Å². The second-order valence-electron chi connectivity index (χ2n) is 9.44. The number of fused-ring (bicyclic) bond motifs is 1. The lowest BCUT2D eigenvalue weighted by molar-refractivity contribution is -0.0324. The molecule has 1 saturated heterocycles. The number of aromatic nitrogens is 3. The summed E-state index contributed by atoms with van der Waals surface area (Å²) in [6, 6.07) is 4.03. The molecule has 2 N–H and O–H groups in total. The van der Waals surface area contributed by atoms with Crippen molar-refractivity contribution < 1.29 is 9.53 Å². The van der Waals surface area contributed by atoms with Crippen molar-refractivity contribution in [1.29, 1.82) is 0 Å². The quantitative estimate of drug-likeness (QED) is 0.625. The second kappa shape index (κ2) is 8.68. The third-order valence-corrected chi connectivity index (χ3v) is 6.59. The van der Waals surface area contributed by atoms with E-state index < -0.39 is 0 Å². The number of nitrogens with zero attached hydrogens (tertiary/aromatic N) is 3. The fourth-order valence-electron chi connectivity index (χ4n) is 4.11. The van der Waals surface area contributed by atoms with Crippen molar-refractivity contribution in [2.24, 2.45) is 0 Å². The van der Waals surface area contributed by atoms with Gasteiger partial charge in [-0.15, -0.1) is 11.3 Å². The third-order valence-electron chi connectivity index (χ3n) is 5.47. The maximum atomic E-state index is 13.0. The summed E-state index contributed by atoms with van der Waals surface area (Å²) in [5.41, 5.74) is 3.34. The zero-order valence-corrected chi connectivity index (χ0v) is 19.7. The van der Waals surface area contributed by atoms with Crippen LogP contribution in [0.3, 0.4) is 0 Å². The zero-order valence-electron chi connectivity index (χ0n) is 18.9. The average Bonchev–Trinajstić information content (AvgIpc) is 3.32. The zero-order chi connectivity index (χ0) is 22.2. The number of morpholine rings is 1. The van der Waals surface area contributed by atoms with Crippen LogP contribution in [0.4, 0.5) is 0 Å². The Hall–Kier alpha value is -2.29. The number of amides is 1. The molecule has 0 radical (unpaired) electrons. The SMILES string of the molecule is CC(C)NC(=O)c1sc2ncccc2c1C1CN(Cc2cn[nH]c2C(C)(C)C)CCO1. The topological polar surface area (TPSA) is 83.1 Å². The molecule has 1 unspecified atom stereocenters. The molecule has 0 saturated carbocycles. The number of hydrogen-bond donors (Lipinski definition) is 2. The molecule has 4 heterocycles. The van der Waals surface area contributed by atoms with Gasteiger partial charge in [-0.25, -0.2) is 4.98 Å². The van der Waals surface area contributed by atoms with E-state index in [4.69, 9.17) is 4.74 Å². The first-order chi connectivity index (χ1) is 14.7. The summed E-state index contributed by atoms with van der Waals surface area (Å²) in [7, 11) is 0. The first kappa shape index (κ1) is 21.9. The molecule has 0 aliphatic carbocycles. The summed E-state index contributed by atoms with van der Waals surface area (Å²) < 4.78 is 6.21. The van der Waals surface area contributed by atoms with Crippen LogP contribution in [-0.2, 0) is 16.7 Å². The van der Waals surface area contributed by atoms with Crippen molar-refractivity contribution in [3.8, 4) is 0 Å². The molecule has 1 amide bonds. The van der Waals surface area contributed by atoms with Gasteiger partial charge < -0.3 is 10.1 Å². The highest BCUT2D eigenvalue weighted by molar-refractivity contribution is 7.20. The van der Waals surface area contributed by atoms with Gasteiger partial charge in [-0.1, -0.05) is 26.8 Å². The van der Waals surface area contributed by atoms with Crippen molar-refractivity contribution in [1.82, 2.24) is 25.4 Å². The van der Waals surface area contributed by atoms with Gasteiger partial charge in [0.25, 0.3) is 5.91 Å². The molecule has 3 aromatic rings. The number of rotatable bonds is 5. The Morgan fingerprint density at radius 3 is 2.97 bits per heavy atom. The second-order valence-corrected chi connectivity index (χ2v) is 10.4. The summed E-state index contributed by atoms with van der Waals surface area (Å²) in [5, 5.41) is 11.5. The highest BCUT2D eigenvalue weighted by Crippen LogP contribution is 2.37. The molecule has 31 heavy (non-hydrogen) atoms. The van der Waals surface area contributed by atoms with Gasteiger partial charge in [0.15, 0.2) is 0 Å². The summed E-state index contributed by atoms with van der Waals surface area (Å²) in [6.45, 7) is 13.5. The van der Waals surface area contributed by atoms with Crippen LogP contribution in [0.2, 0.25) is 0 Å². The molecule has 7 nitrogen and oxygen atoms in total. The number of H-pyrrole nitrogens is 1. The molecule has 0 aromatic carbocycles. The van der Waals surface area contributed by atoms with Gasteiger partial charge in [0.2, 0.25) is 0 Å². The summed E-state index contributed by atoms with van der Waals surface area (Å²) in [4.78, 5) is 21.4. The van der Waals surface area contributed by atoms with E-state index in [-0.39, 0.29) is 23.5 Å². The molecular formula is C23H31N5O2S. The van der Waals surface area contributed by atoms with Crippen LogP contribution in [0.15, 0.2) is 24.5 Å². The fraction of sp³-hybridized carbons (Fsp3) is 0.522. The minimum absolute atomic E-state index is 0.00878. The highest BCUT2D eigenvalue weighted by atomic mass is 32.1. The van der Waals surface area contributed by atoms with Crippen LogP contribution in [0, 0.1) is 0 Å². The maximum Gasteiger partial charge on any atom is 0.262 e. The summed E-state index contributed by atoms with van der Waals surface area (Å²) in [5.74, 6) is -0.0569. The Morgan fingerprint density at radius 2 is 2.23 bits per heavy atom. The van der Waals surface area contributed by atoms with E-state index in [2.05, 4.69) is 46.2 Å². The summed E-state index contributed by atoms with van der Waals surface area (Å²) >= 11 is 1.44. The van der Waals surface area contributed by atoms with Crippen LogP contribution in [0.1, 0.15) is 67.2 Å². The van der Waals surface area contributed by atoms with Gasteiger partial charge in [0.1, 0.15) is 9.71 Å². The molecule has 0 bridgehead atoms. The monoisotopic (exact) mass is 441 g/mol. The third kappa shape index (κ3) is 4.66. The summed E-state index contributed by atoms with van der Waals surface area (Å²) in [6.07, 6.45) is 3.52. The lowest BCUT2D eigenvalue weighted by atomic mass is 9.89. The molecular weight excluding hydrogens is 410 g/mol. The molecule has 1 aliphatic rings. The van der Waals surface area contributed by atoms with Crippen LogP contribution >= 0.6 is 11.3 Å². The molecule has 1 aliphatic heterocycles. The average molecular weight is 442 g/mol. The Bertz CT molecular complexity index is 1070. The minimum Gasteiger partial charge on any atom is -0.371 e. The van der Waals surface area contributed by atoms with E-state index in [0.717, 1.165) is 41.1 Å². The van der Waals surface area contributed by atoms with Gasteiger partial charge in [-0.3, -0.25) is 14.8 Å². The normalized spacial score (nSPS) is 18.1. The molecule has 3 aromatic heterocycles. The Balaban J connectivity index is 1.63. The van der Waals surface area contributed by atoms with Crippen LogP contribution < -0.4 is 5.32 Å². The Morgan fingerprint density at radius 1 is 1.42 bits per heavy atom. The maximum absolute atomic E-state index is 13.0. The van der Waals surface area contributed by atoms with Crippen molar-refractivity contribution in [2.75, 3.05) is 19.7 Å². The molecule has 1 fully saturated rings. The number of aromatic amines is 1. The van der Waals surface area contributed by atoms with Gasteiger partial charge in [-0.2, -0.15) is 5.10 Å². The number of nitrogens with one attached hydrogen (secondary N) is 2. The smallest absolute Gasteiger partial charge is 0.262 e. The van der Waals surface area contributed by atoms with Crippen LogP contribution in [0.25, 0.3) is 10.2 Å². The Kier molecular flexibility index (Phi) is 6.14. The highest BCUT2D eigenvalue weighted by Gasteiger charge is 2.31. The van der Waals surface area contributed by atoms with Crippen molar-refractivity contribution in [3.05, 3.63) is 46.2 Å². The largest absolute Gasteiger partial charge is 0.371 e. The predicted molar refractivity (Wildman–Crippen MR) is 123 cm³/mol. The fourth-order valence-corrected chi connectivity index (χ4v) is 5.21. The number of pyridine rings is 1. The van der Waals surface area contributed by atoms with E-state index in [0.29, 0.717) is 11.5 Å². The molecule has 8 heteroatoms.